The number of thiazole rings is 1. The number of rotatable bonds is 6. The molecule has 1 aliphatic heterocycles. The van der Waals surface area contributed by atoms with Crippen molar-refractivity contribution >= 4 is 22.5 Å². The van der Waals surface area contributed by atoms with Crippen molar-refractivity contribution in [1.29, 1.82) is 0 Å². The Morgan fingerprint density at radius 2 is 2.08 bits per heavy atom. The second-order valence-electron chi connectivity index (χ2n) is 6.48. The Morgan fingerprint density at radius 3 is 2.77 bits per heavy atom. The summed E-state index contributed by atoms with van der Waals surface area (Å²) in [5.41, 5.74) is 2.02. The Bertz CT molecular complexity index is 728. The number of piperidine rings is 1. The number of anilines is 1. The van der Waals surface area contributed by atoms with Gasteiger partial charge in [-0.2, -0.15) is 0 Å². The van der Waals surface area contributed by atoms with Gasteiger partial charge < -0.3 is 10.1 Å². The summed E-state index contributed by atoms with van der Waals surface area (Å²) in [5.74, 6) is 0.862. The van der Waals surface area contributed by atoms with E-state index in [4.69, 9.17) is 4.74 Å². The number of carbonyl (C=O) groups excluding carboxylic acids is 1. The molecular formula is C19H26N4O2S. The molecule has 2 heterocycles. The lowest BCUT2D eigenvalue weighted by Gasteiger charge is -2.35. The molecule has 1 saturated heterocycles. The van der Waals surface area contributed by atoms with Crippen molar-refractivity contribution in [3.05, 3.63) is 40.9 Å². The second-order valence-corrected chi connectivity index (χ2v) is 7.34. The molecule has 0 aliphatic carbocycles. The van der Waals surface area contributed by atoms with Gasteiger partial charge in [-0.05, 0) is 38.9 Å². The molecule has 1 aliphatic rings. The van der Waals surface area contributed by atoms with E-state index in [1.807, 2.05) is 30.5 Å². The summed E-state index contributed by atoms with van der Waals surface area (Å²) in [6.45, 7) is 4.51. The van der Waals surface area contributed by atoms with Crippen molar-refractivity contribution in [2.45, 2.75) is 32.2 Å². The number of methoxy groups -OCH3 is 1. The van der Waals surface area contributed by atoms with Gasteiger partial charge in [-0.15, -0.1) is 11.3 Å². The van der Waals surface area contributed by atoms with E-state index < -0.39 is 0 Å². The van der Waals surface area contributed by atoms with Gasteiger partial charge in [0.05, 0.1) is 18.8 Å². The first-order valence-electron chi connectivity index (χ1n) is 9.01. The number of aromatic nitrogens is 1. The SMILES string of the molecule is COc1ccccc1C(CNC(=O)Nc1nc(C)cs1)N1CCCCC1. The lowest BCUT2D eigenvalue weighted by atomic mass is 10.0. The molecule has 1 aromatic heterocycles. The summed E-state index contributed by atoms with van der Waals surface area (Å²) in [6, 6.07) is 7.92. The number of nitrogens with zero attached hydrogens (tertiary/aromatic N) is 2. The molecule has 140 valence electrons. The highest BCUT2D eigenvalue weighted by atomic mass is 32.1. The minimum atomic E-state index is -0.226. The molecule has 1 unspecified atom stereocenters. The van der Waals surface area contributed by atoms with Gasteiger partial charge >= 0.3 is 6.03 Å². The molecule has 1 fully saturated rings. The summed E-state index contributed by atoms with van der Waals surface area (Å²) in [5, 5.41) is 8.35. The molecule has 1 atom stereocenters. The highest BCUT2D eigenvalue weighted by molar-refractivity contribution is 7.13. The number of hydrogen-bond acceptors (Lipinski definition) is 5. The number of likely N-dealkylation sites (tertiary alicyclic amines) is 1. The standard InChI is InChI=1S/C19H26N4O2S/c1-14-13-26-19(21-14)22-18(24)20-12-16(23-10-6-3-7-11-23)15-8-4-5-9-17(15)25-2/h4-5,8-9,13,16H,3,6-7,10-12H2,1-2H3,(H2,20,21,22,24). The highest BCUT2D eigenvalue weighted by Gasteiger charge is 2.25. The van der Waals surface area contributed by atoms with Crippen LogP contribution in [0.2, 0.25) is 0 Å². The van der Waals surface area contributed by atoms with E-state index in [0.29, 0.717) is 11.7 Å². The van der Waals surface area contributed by atoms with E-state index in [1.165, 1.54) is 30.6 Å². The van der Waals surface area contributed by atoms with E-state index in [9.17, 15) is 4.79 Å². The van der Waals surface area contributed by atoms with Crippen LogP contribution in [0.5, 0.6) is 5.75 Å². The van der Waals surface area contributed by atoms with Crippen LogP contribution in [0.4, 0.5) is 9.93 Å². The third-order valence-corrected chi connectivity index (χ3v) is 5.50. The van der Waals surface area contributed by atoms with Crippen LogP contribution < -0.4 is 15.4 Å². The fraction of sp³-hybridized carbons (Fsp3) is 0.474. The molecule has 7 heteroatoms. The zero-order chi connectivity index (χ0) is 18.4. The first-order valence-corrected chi connectivity index (χ1v) is 9.89. The second kappa shape index (κ2) is 9.00. The Labute approximate surface area is 158 Å². The summed E-state index contributed by atoms with van der Waals surface area (Å²) < 4.78 is 5.56. The lowest BCUT2D eigenvalue weighted by Crippen LogP contribution is -2.41. The highest BCUT2D eigenvalue weighted by Crippen LogP contribution is 2.30. The Kier molecular flexibility index (Phi) is 6.46. The fourth-order valence-corrected chi connectivity index (χ4v) is 4.03. The van der Waals surface area contributed by atoms with Crippen molar-refractivity contribution in [1.82, 2.24) is 15.2 Å². The molecule has 0 saturated carbocycles. The van der Waals surface area contributed by atoms with Gasteiger partial charge in [0, 0.05) is 17.5 Å². The summed E-state index contributed by atoms with van der Waals surface area (Å²) >= 11 is 1.43. The van der Waals surface area contributed by atoms with E-state index in [-0.39, 0.29) is 12.1 Å². The zero-order valence-corrected chi connectivity index (χ0v) is 16.1. The summed E-state index contributed by atoms with van der Waals surface area (Å²) in [6.07, 6.45) is 3.65. The van der Waals surface area contributed by atoms with Crippen LogP contribution >= 0.6 is 11.3 Å². The molecule has 0 bridgehead atoms. The van der Waals surface area contributed by atoms with Gasteiger partial charge in [-0.25, -0.2) is 9.78 Å². The topological polar surface area (TPSA) is 66.5 Å². The predicted molar refractivity (Wildman–Crippen MR) is 105 cm³/mol. The number of para-hydroxylation sites is 1. The van der Waals surface area contributed by atoms with Gasteiger partial charge in [-0.3, -0.25) is 10.2 Å². The number of nitrogens with one attached hydrogen (secondary N) is 2. The number of aryl methyl sites for hydroxylation is 1. The minimum Gasteiger partial charge on any atom is -0.496 e. The van der Waals surface area contributed by atoms with Crippen LogP contribution in [-0.4, -0.2) is 42.7 Å². The van der Waals surface area contributed by atoms with Crippen LogP contribution in [0, 0.1) is 6.92 Å². The molecule has 2 amide bonds. The van der Waals surface area contributed by atoms with Crippen molar-refractivity contribution in [2.75, 3.05) is 32.1 Å². The van der Waals surface area contributed by atoms with Crippen LogP contribution in [0.15, 0.2) is 29.6 Å². The molecule has 26 heavy (non-hydrogen) atoms. The maximum absolute atomic E-state index is 12.3. The number of urea groups is 1. The third-order valence-electron chi connectivity index (χ3n) is 4.62. The molecule has 6 nitrogen and oxygen atoms in total. The normalized spacial score (nSPS) is 16.1. The minimum absolute atomic E-state index is 0.0928. The Balaban J connectivity index is 1.70. The zero-order valence-electron chi connectivity index (χ0n) is 15.3. The van der Waals surface area contributed by atoms with Gasteiger partial charge in [0.25, 0.3) is 0 Å². The fourth-order valence-electron chi connectivity index (χ4n) is 3.35. The predicted octanol–water partition coefficient (Wildman–Crippen LogP) is 3.81. The quantitative estimate of drug-likeness (QED) is 0.807. The van der Waals surface area contributed by atoms with E-state index in [2.05, 4.69) is 26.6 Å². The number of hydrogen-bond donors (Lipinski definition) is 2. The van der Waals surface area contributed by atoms with Crippen molar-refractivity contribution in [3.63, 3.8) is 0 Å². The monoisotopic (exact) mass is 374 g/mol. The summed E-state index contributed by atoms with van der Waals surface area (Å²) in [7, 11) is 1.69. The van der Waals surface area contributed by atoms with E-state index in [1.54, 1.807) is 7.11 Å². The average Bonchev–Trinajstić information content (AvgIpc) is 3.07. The van der Waals surface area contributed by atoms with Crippen LogP contribution in [0.3, 0.4) is 0 Å². The van der Waals surface area contributed by atoms with Crippen LogP contribution in [0.25, 0.3) is 0 Å². The largest absolute Gasteiger partial charge is 0.496 e. The van der Waals surface area contributed by atoms with Gasteiger partial charge in [0.2, 0.25) is 0 Å². The first-order chi connectivity index (χ1) is 12.7. The Morgan fingerprint density at radius 1 is 1.31 bits per heavy atom. The number of carbonyl (C=O) groups is 1. The first kappa shape index (κ1) is 18.7. The van der Waals surface area contributed by atoms with E-state index in [0.717, 1.165) is 30.1 Å². The van der Waals surface area contributed by atoms with Crippen molar-refractivity contribution in [3.8, 4) is 5.75 Å². The summed E-state index contributed by atoms with van der Waals surface area (Å²) in [4.78, 5) is 19.0. The van der Waals surface area contributed by atoms with Crippen molar-refractivity contribution in [2.24, 2.45) is 0 Å². The Hall–Kier alpha value is -2.12. The van der Waals surface area contributed by atoms with Crippen LogP contribution in [-0.2, 0) is 0 Å². The molecule has 0 spiro atoms. The average molecular weight is 375 g/mol. The molecule has 1 aromatic carbocycles. The van der Waals surface area contributed by atoms with Crippen LogP contribution in [0.1, 0.15) is 36.6 Å². The molecular weight excluding hydrogens is 348 g/mol. The van der Waals surface area contributed by atoms with E-state index >= 15 is 0 Å². The molecule has 0 radical (unpaired) electrons. The third kappa shape index (κ3) is 4.74. The molecule has 3 rings (SSSR count). The number of amides is 2. The number of ether oxygens (including phenoxy) is 1. The maximum Gasteiger partial charge on any atom is 0.321 e. The van der Waals surface area contributed by atoms with Gasteiger partial charge in [0.15, 0.2) is 5.13 Å². The molecule has 2 aromatic rings. The number of benzene rings is 1. The molecule has 2 N–H and O–H groups in total. The van der Waals surface area contributed by atoms with Gasteiger partial charge in [-0.1, -0.05) is 24.6 Å². The smallest absolute Gasteiger partial charge is 0.321 e. The lowest BCUT2D eigenvalue weighted by molar-refractivity contribution is 0.158. The van der Waals surface area contributed by atoms with Gasteiger partial charge in [0.1, 0.15) is 5.75 Å². The maximum atomic E-state index is 12.3. The van der Waals surface area contributed by atoms with Crippen molar-refractivity contribution < 1.29 is 9.53 Å².